The molecule has 0 atom stereocenters. The van der Waals surface area contributed by atoms with Crippen molar-refractivity contribution in [2.24, 2.45) is 0 Å². The number of nitrogens with zero attached hydrogens (tertiary/aromatic N) is 3. The van der Waals surface area contributed by atoms with Crippen LogP contribution in [0.1, 0.15) is 0 Å². The topological polar surface area (TPSA) is 38.7 Å². The van der Waals surface area contributed by atoms with Gasteiger partial charge in [-0.1, -0.05) is 109 Å². The normalized spacial score (nSPS) is 11.5. The van der Waals surface area contributed by atoms with Crippen molar-refractivity contribution >= 4 is 43.4 Å². The molecule has 8 aromatic rings. The zero-order chi connectivity index (χ0) is 26.5. The van der Waals surface area contributed by atoms with E-state index in [1.807, 2.05) is 36.7 Å². The van der Waals surface area contributed by atoms with Crippen LogP contribution in [0.4, 0.5) is 0 Å². The Morgan fingerprint density at radius 1 is 0.400 bits per heavy atom. The lowest BCUT2D eigenvalue weighted by atomic mass is 9.91. The monoisotopic (exact) mass is 509 g/mol. The van der Waals surface area contributed by atoms with Gasteiger partial charge >= 0.3 is 0 Å². The van der Waals surface area contributed by atoms with E-state index in [9.17, 15) is 0 Å². The number of fused-ring (bicyclic) bond motifs is 6. The second-order valence-electron chi connectivity index (χ2n) is 10.0. The smallest absolute Gasteiger partial charge is 0.0964 e. The Bertz CT molecular complexity index is 2110. The second kappa shape index (κ2) is 9.11. The summed E-state index contributed by atoms with van der Waals surface area (Å²) in [6.07, 6.45) is 3.63. The van der Waals surface area contributed by atoms with Crippen LogP contribution in [0.15, 0.2) is 140 Å². The van der Waals surface area contributed by atoms with Crippen LogP contribution in [0.25, 0.3) is 77.0 Å². The molecule has 3 aromatic heterocycles. The molecule has 0 aliphatic rings. The lowest BCUT2D eigenvalue weighted by Gasteiger charge is -2.15. The summed E-state index contributed by atoms with van der Waals surface area (Å²) in [5.74, 6) is 0. The van der Waals surface area contributed by atoms with Crippen LogP contribution in [0, 0.1) is 0 Å². The molecule has 3 heteroatoms. The van der Waals surface area contributed by atoms with Crippen molar-refractivity contribution in [1.82, 2.24) is 15.0 Å². The van der Waals surface area contributed by atoms with Gasteiger partial charge in [-0.15, -0.1) is 0 Å². The van der Waals surface area contributed by atoms with Gasteiger partial charge in [0.15, 0.2) is 0 Å². The molecule has 0 amide bonds. The van der Waals surface area contributed by atoms with Crippen molar-refractivity contribution in [3.63, 3.8) is 0 Å². The molecule has 3 nitrogen and oxygen atoms in total. The number of benzene rings is 5. The number of rotatable bonds is 3. The van der Waals surface area contributed by atoms with Gasteiger partial charge in [0.1, 0.15) is 0 Å². The van der Waals surface area contributed by atoms with Gasteiger partial charge in [0.2, 0.25) is 0 Å². The molecule has 0 bridgehead atoms. The Morgan fingerprint density at radius 3 is 1.65 bits per heavy atom. The van der Waals surface area contributed by atoms with Crippen LogP contribution in [-0.4, -0.2) is 15.0 Å². The minimum absolute atomic E-state index is 0.868. The highest BCUT2D eigenvalue weighted by Gasteiger charge is 2.16. The van der Waals surface area contributed by atoms with Crippen molar-refractivity contribution in [3.8, 4) is 33.6 Å². The van der Waals surface area contributed by atoms with Crippen LogP contribution < -0.4 is 0 Å². The first-order valence-corrected chi connectivity index (χ1v) is 13.5. The standard InChI is InChI=1S/C37H23N3/c1-3-10-28-24(8-1)18-20-31-34(32-21-19-25-9-2-4-11-29(25)36(32)40-35(28)31)27-16-14-26(15-17-27)30-12-7-23-39-37(30)33-13-5-6-22-38-33/h1-23H. The number of hydrogen-bond acceptors (Lipinski definition) is 3. The third-order valence-electron chi connectivity index (χ3n) is 7.76. The Kier molecular flexibility index (Phi) is 5.14. The molecule has 186 valence electrons. The summed E-state index contributed by atoms with van der Waals surface area (Å²) in [6, 6.07) is 44.8. The molecule has 0 aliphatic heterocycles. The van der Waals surface area contributed by atoms with Crippen molar-refractivity contribution < 1.29 is 0 Å². The summed E-state index contributed by atoms with van der Waals surface area (Å²) >= 11 is 0. The van der Waals surface area contributed by atoms with E-state index >= 15 is 0 Å². The van der Waals surface area contributed by atoms with E-state index in [0.717, 1.165) is 49.9 Å². The summed E-state index contributed by atoms with van der Waals surface area (Å²) in [7, 11) is 0. The fraction of sp³-hybridized carbons (Fsp3) is 0. The van der Waals surface area contributed by atoms with E-state index in [1.165, 1.54) is 27.1 Å². The van der Waals surface area contributed by atoms with Gasteiger partial charge in [0, 0.05) is 45.1 Å². The number of hydrogen-bond donors (Lipinski definition) is 0. The lowest BCUT2D eigenvalue weighted by molar-refractivity contribution is 1.25. The lowest BCUT2D eigenvalue weighted by Crippen LogP contribution is -1.93. The third-order valence-corrected chi connectivity index (χ3v) is 7.76. The highest BCUT2D eigenvalue weighted by atomic mass is 14.8. The van der Waals surface area contributed by atoms with E-state index in [4.69, 9.17) is 4.98 Å². The molecule has 3 heterocycles. The Labute approximate surface area is 231 Å². The van der Waals surface area contributed by atoms with Gasteiger partial charge in [-0.05, 0) is 40.1 Å². The summed E-state index contributed by atoms with van der Waals surface area (Å²) in [5, 5.41) is 7.05. The predicted molar refractivity (Wildman–Crippen MR) is 166 cm³/mol. The number of aromatic nitrogens is 3. The molecular formula is C37H23N3. The van der Waals surface area contributed by atoms with Crippen LogP contribution in [0.3, 0.4) is 0 Å². The highest BCUT2D eigenvalue weighted by Crippen LogP contribution is 2.40. The average Bonchev–Trinajstić information content (AvgIpc) is 3.04. The van der Waals surface area contributed by atoms with E-state index in [1.54, 1.807) is 0 Å². The molecule has 0 saturated heterocycles. The van der Waals surface area contributed by atoms with Gasteiger partial charge in [-0.25, -0.2) is 4.98 Å². The first kappa shape index (κ1) is 22.6. The number of pyridine rings is 3. The van der Waals surface area contributed by atoms with Gasteiger partial charge in [-0.2, -0.15) is 0 Å². The highest BCUT2D eigenvalue weighted by molar-refractivity contribution is 6.21. The minimum Gasteiger partial charge on any atom is -0.255 e. The fourth-order valence-corrected chi connectivity index (χ4v) is 5.88. The molecule has 0 spiro atoms. The molecule has 0 radical (unpaired) electrons. The van der Waals surface area contributed by atoms with Crippen LogP contribution in [0.2, 0.25) is 0 Å². The fourth-order valence-electron chi connectivity index (χ4n) is 5.88. The Hall–Kier alpha value is -5.41. The largest absolute Gasteiger partial charge is 0.255 e. The van der Waals surface area contributed by atoms with Crippen molar-refractivity contribution in [1.29, 1.82) is 0 Å². The second-order valence-corrected chi connectivity index (χ2v) is 10.0. The Balaban J connectivity index is 1.39. The first-order chi connectivity index (χ1) is 19.8. The molecule has 0 fully saturated rings. The van der Waals surface area contributed by atoms with E-state index in [0.29, 0.717) is 0 Å². The van der Waals surface area contributed by atoms with Crippen molar-refractivity contribution in [3.05, 3.63) is 140 Å². The summed E-state index contributed by atoms with van der Waals surface area (Å²) in [6.45, 7) is 0. The van der Waals surface area contributed by atoms with Gasteiger partial charge in [0.05, 0.1) is 22.4 Å². The molecule has 40 heavy (non-hydrogen) atoms. The van der Waals surface area contributed by atoms with Gasteiger partial charge in [0.25, 0.3) is 0 Å². The van der Waals surface area contributed by atoms with Crippen LogP contribution in [0.5, 0.6) is 0 Å². The van der Waals surface area contributed by atoms with E-state index < -0.39 is 0 Å². The quantitative estimate of drug-likeness (QED) is 0.176. The minimum atomic E-state index is 0.868. The van der Waals surface area contributed by atoms with Crippen LogP contribution >= 0.6 is 0 Å². The predicted octanol–water partition coefficient (Wildman–Crippen LogP) is 9.49. The van der Waals surface area contributed by atoms with Gasteiger partial charge in [-0.3, -0.25) is 9.97 Å². The van der Waals surface area contributed by atoms with Crippen molar-refractivity contribution in [2.75, 3.05) is 0 Å². The zero-order valence-corrected chi connectivity index (χ0v) is 21.6. The first-order valence-electron chi connectivity index (χ1n) is 13.5. The zero-order valence-electron chi connectivity index (χ0n) is 21.6. The summed E-state index contributed by atoms with van der Waals surface area (Å²) in [5.41, 5.74) is 8.36. The maximum Gasteiger partial charge on any atom is 0.0964 e. The summed E-state index contributed by atoms with van der Waals surface area (Å²) < 4.78 is 0. The maximum absolute atomic E-state index is 5.32. The molecule has 0 unspecified atom stereocenters. The van der Waals surface area contributed by atoms with Gasteiger partial charge < -0.3 is 0 Å². The molecule has 0 saturated carbocycles. The van der Waals surface area contributed by atoms with E-state index in [2.05, 4.69) is 113 Å². The van der Waals surface area contributed by atoms with E-state index in [-0.39, 0.29) is 0 Å². The average molecular weight is 510 g/mol. The maximum atomic E-state index is 5.32. The molecule has 8 rings (SSSR count). The SMILES string of the molecule is c1ccc(-c2ncccc2-c2ccc(-c3c4ccc5ccccc5c4nc4c3ccc3ccccc34)cc2)nc1. The summed E-state index contributed by atoms with van der Waals surface area (Å²) in [4.78, 5) is 14.5. The van der Waals surface area contributed by atoms with Crippen molar-refractivity contribution in [2.45, 2.75) is 0 Å². The molecular weight excluding hydrogens is 486 g/mol. The molecule has 0 aliphatic carbocycles. The molecule has 0 N–H and O–H groups in total. The molecule has 5 aromatic carbocycles. The third kappa shape index (κ3) is 3.56. The van der Waals surface area contributed by atoms with Crippen LogP contribution in [-0.2, 0) is 0 Å². The Morgan fingerprint density at radius 2 is 1.00 bits per heavy atom.